The fourth-order valence-corrected chi connectivity index (χ4v) is 3.91. The minimum atomic E-state index is -0.799. The third-order valence-electron chi connectivity index (χ3n) is 5.41. The van der Waals surface area contributed by atoms with Gasteiger partial charge in [0.25, 0.3) is 0 Å². The van der Waals surface area contributed by atoms with Crippen LogP contribution in [0.1, 0.15) is 13.3 Å². The molecule has 29 heavy (non-hydrogen) atoms. The van der Waals surface area contributed by atoms with Crippen LogP contribution >= 0.6 is 11.6 Å². The summed E-state index contributed by atoms with van der Waals surface area (Å²) in [6.07, 6.45) is -0.0896. The van der Waals surface area contributed by atoms with Crippen LogP contribution in [0.4, 0.5) is 5.69 Å². The molecule has 0 spiro atoms. The second kappa shape index (κ2) is 10.0. The highest BCUT2D eigenvalue weighted by Crippen LogP contribution is 2.17. The van der Waals surface area contributed by atoms with Gasteiger partial charge in [-0.1, -0.05) is 24.6 Å². The fourth-order valence-electron chi connectivity index (χ4n) is 3.72. The number of carbonyl (C=O) groups excluding carboxylic acids is 3. The molecule has 3 amide bonds. The summed E-state index contributed by atoms with van der Waals surface area (Å²) in [5.74, 6) is -0.726. The van der Waals surface area contributed by atoms with Gasteiger partial charge in [-0.15, -0.1) is 0 Å². The molecule has 2 aliphatic heterocycles. The minimum absolute atomic E-state index is 0.0896. The Kier molecular flexibility index (Phi) is 7.46. The monoisotopic (exact) mass is 421 g/mol. The van der Waals surface area contributed by atoms with E-state index in [1.807, 2.05) is 0 Å². The topological polar surface area (TPSA) is 85.0 Å². The van der Waals surface area contributed by atoms with Gasteiger partial charge < -0.3 is 20.4 Å². The van der Waals surface area contributed by atoms with E-state index in [2.05, 4.69) is 27.4 Å². The highest BCUT2D eigenvalue weighted by molar-refractivity contribution is 6.30. The summed E-state index contributed by atoms with van der Waals surface area (Å²) >= 11 is 5.94. The predicted octanol–water partition coefficient (Wildman–Crippen LogP) is 0.633. The second-order valence-electron chi connectivity index (χ2n) is 7.37. The van der Waals surface area contributed by atoms with Crippen LogP contribution in [0.2, 0.25) is 5.02 Å². The van der Waals surface area contributed by atoms with E-state index in [1.54, 1.807) is 29.2 Å². The third-order valence-corrected chi connectivity index (χ3v) is 5.64. The highest BCUT2D eigenvalue weighted by Gasteiger charge is 2.35. The number of nitrogens with one attached hydrogen (secondary N) is 2. The van der Waals surface area contributed by atoms with Gasteiger partial charge in [-0.2, -0.15) is 0 Å². The van der Waals surface area contributed by atoms with Crippen molar-refractivity contribution < 1.29 is 14.4 Å². The number of carbonyl (C=O) groups is 3. The molecule has 2 N–H and O–H groups in total. The zero-order valence-corrected chi connectivity index (χ0v) is 17.5. The molecule has 1 atom stereocenters. The second-order valence-corrected chi connectivity index (χ2v) is 7.80. The molecule has 0 radical (unpaired) electrons. The largest absolute Gasteiger partial charge is 0.353 e. The van der Waals surface area contributed by atoms with Crippen LogP contribution in [0.25, 0.3) is 0 Å². The number of piperazine rings is 2. The van der Waals surface area contributed by atoms with E-state index < -0.39 is 6.04 Å². The maximum atomic E-state index is 12.9. The summed E-state index contributed by atoms with van der Waals surface area (Å²) < 4.78 is 0. The summed E-state index contributed by atoms with van der Waals surface area (Å²) in [5, 5.41) is 6.02. The van der Waals surface area contributed by atoms with Crippen molar-refractivity contribution >= 4 is 35.0 Å². The zero-order chi connectivity index (χ0) is 20.8. The molecule has 2 fully saturated rings. The van der Waals surface area contributed by atoms with E-state index in [0.717, 1.165) is 32.7 Å². The lowest BCUT2D eigenvalue weighted by Gasteiger charge is -2.38. The van der Waals surface area contributed by atoms with E-state index in [1.165, 1.54) is 0 Å². The van der Waals surface area contributed by atoms with Crippen LogP contribution in [0, 0.1) is 0 Å². The standard InChI is InChI=1S/C20H28ClN5O3/c1-2-24-8-10-25(11-9-24)14-19(28)26-7-6-22-20(29)17(26)13-18(27)23-16-5-3-4-15(21)12-16/h3-5,12,17H,2,6-11,13-14H2,1H3,(H,22,29)(H,23,27)/t17-/m0/s1. The lowest BCUT2D eigenvalue weighted by Crippen LogP contribution is -2.60. The van der Waals surface area contributed by atoms with Gasteiger partial charge in [-0.25, -0.2) is 0 Å². The zero-order valence-electron chi connectivity index (χ0n) is 16.7. The van der Waals surface area contributed by atoms with Crippen molar-refractivity contribution in [3.8, 4) is 0 Å². The van der Waals surface area contributed by atoms with Crippen molar-refractivity contribution in [1.29, 1.82) is 0 Å². The smallest absolute Gasteiger partial charge is 0.243 e. The Hall–Kier alpha value is -2.16. The molecule has 3 rings (SSSR count). The Bertz CT molecular complexity index is 751. The normalized spacial score (nSPS) is 21.0. The molecule has 9 heteroatoms. The minimum Gasteiger partial charge on any atom is -0.353 e. The molecule has 1 aromatic carbocycles. The average Bonchev–Trinajstić information content (AvgIpc) is 2.70. The van der Waals surface area contributed by atoms with Gasteiger partial charge in [0.2, 0.25) is 17.7 Å². The number of likely N-dealkylation sites (N-methyl/N-ethyl adjacent to an activating group) is 1. The van der Waals surface area contributed by atoms with E-state index in [-0.39, 0.29) is 30.7 Å². The molecule has 0 aromatic heterocycles. The van der Waals surface area contributed by atoms with Gasteiger partial charge in [0.05, 0.1) is 13.0 Å². The fraction of sp³-hybridized carbons (Fsp3) is 0.550. The summed E-state index contributed by atoms with van der Waals surface area (Å²) in [6.45, 7) is 7.78. The van der Waals surface area contributed by atoms with Crippen molar-refractivity contribution in [3.63, 3.8) is 0 Å². The first-order valence-electron chi connectivity index (χ1n) is 10.0. The molecule has 0 bridgehead atoms. The van der Waals surface area contributed by atoms with E-state index in [4.69, 9.17) is 11.6 Å². The molecule has 2 aliphatic rings. The number of hydrogen-bond acceptors (Lipinski definition) is 5. The maximum absolute atomic E-state index is 12.9. The summed E-state index contributed by atoms with van der Waals surface area (Å²) in [4.78, 5) is 43.8. The van der Waals surface area contributed by atoms with E-state index in [9.17, 15) is 14.4 Å². The van der Waals surface area contributed by atoms with E-state index in [0.29, 0.717) is 23.8 Å². The molecule has 8 nitrogen and oxygen atoms in total. The van der Waals surface area contributed by atoms with E-state index >= 15 is 0 Å². The van der Waals surface area contributed by atoms with Gasteiger partial charge >= 0.3 is 0 Å². The first-order valence-corrected chi connectivity index (χ1v) is 10.4. The van der Waals surface area contributed by atoms with Crippen LogP contribution in [-0.2, 0) is 14.4 Å². The molecular weight excluding hydrogens is 394 g/mol. The molecule has 0 unspecified atom stereocenters. The van der Waals surface area contributed by atoms with Crippen LogP contribution in [0.3, 0.4) is 0 Å². The van der Waals surface area contributed by atoms with Gasteiger partial charge in [-0.3, -0.25) is 19.3 Å². The predicted molar refractivity (Wildman–Crippen MR) is 112 cm³/mol. The van der Waals surface area contributed by atoms with Crippen molar-refractivity contribution in [2.45, 2.75) is 19.4 Å². The summed E-state index contributed by atoms with van der Waals surface area (Å²) in [5.41, 5.74) is 0.561. The highest BCUT2D eigenvalue weighted by atomic mass is 35.5. The summed E-state index contributed by atoms with van der Waals surface area (Å²) in [7, 11) is 0. The summed E-state index contributed by atoms with van der Waals surface area (Å²) in [6, 6.07) is 6.02. The molecule has 158 valence electrons. The lowest BCUT2D eigenvalue weighted by molar-refractivity contribution is -0.145. The number of benzene rings is 1. The van der Waals surface area contributed by atoms with Crippen LogP contribution < -0.4 is 10.6 Å². The van der Waals surface area contributed by atoms with Crippen molar-refractivity contribution in [1.82, 2.24) is 20.0 Å². The molecule has 2 saturated heterocycles. The Labute approximate surface area is 176 Å². The molecule has 2 heterocycles. The number of rotatable bonds is 6. The Morgan fingerprint density at radius 2 is 1.90 bits per heavy atom. The molecule has 0 aliphatic carbocycles. The van der Waals surface area contributed by atoms with Crippen LogP contribution in [0.5, 0.6) is 0 Å². The Balaban J connectivity index is 1.58. The number of amides is 3. The number of hydrogen-bond donors (Lipinski definition) is 2. The van der Waals surface area contributed by atoms with Crippen molar-refractivity contribution in [3.05, 3.63) is 29.3 Å². The number of halogens is 1. The van der Waals surface area contributed by atoms with Crippen LogP contribution in [-0.4, -0.2) is 90.8 Å². The van der Waals surface area contributed by atoms with Gasteiger partial charge in [0.1, 0.15) is 6.04 Å². The molecular formula is C20H28ClN5O3. The Morgan fingerprint density at radius 1 is 1.17 bits per heavy atom. The van der Waals surface area contributed by atoms with Crippen LogP contribution in [0.15, 0.2) is 24.3 Å². The third kappa shape index (κ3) is 5.91. The van der Waals surface area contributed by atoms with Gasteiger partial charge in [-0.05, 0) is 24.7 Å². The first kappa shape index (κ1) is 21.5. The lowest BCUT2D eigenvalue weighted by atomic mass is 10.1. The van der Waals surface area contributed by atoms with Gasteiger partial charge in [0.15, 0.2) is 0 Å². The number of nitrogens with zero attached hydrogens (tertiary/aromatic N) is 3. The first-order chi connectivity index (χ1) is 14.0. The maximum Gasteiger partial charge on any atom is 0.243 e. The SMILES string of the molecule is CCN1CCN(CC(=O)N2CCNC(=O)[C@@H]2CC(=O)Nc2cccc(Cl)c2)CC1. The van der Waals surface area contributed by atoms with Crippen molar-refractivity contribution in [2.75, 3.05) is 57.7 Å². The quantitative estimate of drug-likeness (QED) is 0.704. The molecule has 1 aromatic rings. The number of anilines is 1. The van der Waals surface area contributed by atoms with Crippen molar-refractivity contribution in [2.24, 2.45) is 0 Å². The average molecular weight is 422 g/mol. The molecule has 0 saturated carbocycles. The Morgan fingerprint density at radius 3 is 2.59 bits per heavy atom. The van der Waals surface area contributed by atoms with Gasteiger partial charge in [0, 0.05) is 50.0 Å².